The van der Waals surface area contributed by atoms with Gasteiger partial charge in [-0.05, 0) is 12.1 Å². The molecule has 15 heteroatoms. The van der Waals surface area contributed by atoms with Crippen LogP contribution in [0.15, 0.2) is 46.3 Å². The maximum atomic E-state index is 14.9. The zero-order valence-electron chi connectivity index (χ0n) is 16.2. The number of nitrogens with zero attached hydrogens (tertiary/aromatic N) is 3. The third-order valence-corrected chi connectivity index (χ3v) is 8.83. The van der Waals surface area contributed by atoms with Crippen molar-refractivity contribution in [2.45, 2.75) is 40.9 Å². The summed E-state index contributed by atoms with van der Waals surface area (Å²) in [5.41, 5.74) is 4.71. The Morgan fingerprint density at radius 1 is 1.38 bits per heavy atom. The summed E-state index contributed by atoms with van der Waals surface area (Å²) < 4.78 is 46.5. The van der Waals surface area contributed by atoms with Crippen LogP contribution in [0.25, 0.3) is 11.2 Å². The SMILES string of the molecule is Nc1nc2c(ncn2[C@@H]2O[C@H](CC([S+]([O-])c3ccccc3)P(=O)(O)O)[C@H](F)[C@H]2O)c(=O)[nH]1. The number of nitrogens with one attached hydrogen (secondary N) is 1. The summed E-state index contributed by atoms with van der Waals surface area (Å²) in [4.78, 5) is 39.9. The second-order valence-electron chi connectivity index (χ2n) is 7.17. The number of fused-ring (bicyclic) bond motifs is 1. The van der Waals surface area contributed by atoms with Crippen LogP contribution in [0.2, 0.25) is 0 Å². The van der Waals surface area contributed by atoms with Crippen LogP contribution in [-0.2, 0) is 20.5 Å². The van der Waals surface area contributed by atoms with Gasteiger partial charge in [0.25, 0.3) is 5.56 Å². The summed E-state index contributed by atoms with van der Waals surface area (Å²) in [6, 6.07) is 7.62. The second-order valence-corrected chi connectivity index (χ2v) is 11.0. The molecule has 0 saturated carbocycles. The number of aromatic nitrogens is 4. The fourth-order valence-electron chi connectivity index (χ4n) is 3.52. The Hall–Kier alpha value is -2.32. The van der Waals surface area contributed by atoms with Gasteiger partial charge in [0.2, 0.25) is 10.9 Å². The van der Waals surface area contributed by atoms with Gasteiger partial charge in [0, 0.05) is 17.6 Å². The van der Waals surface area contributed by atoms with Crippen LogP contribution in [-0.4, -0.2) is 62.3 Å². The molecule has 6 atom stereocenters. The summed E-state index contributed by atoms with van der Waals surface area (Å²) in [5.74, 6) is -0.232. The summed E-state index contributed by atoms with van der Waals surface area (Å²) >= 11 is -2.17. The van der Waals surface area contributed by atoms with Crippen molar-refractivity contribution < 1.29 is 33.1 Å². The highest BCUT2D eigenvalue weighted by atomic mass is 32.2. The number of hydrogen-bond donors (Lipinski definition) is 5. The predicted octanol–water partition coefficient (Wildman–Crippen LogP) is -0.0001000. The van der Waals surface area contributed by atoms with Gasteiger partial charge in [0.15, 0.2) is 28.5 Å². The standard InChI is InChI=1S/C17H19FN5O7PS/c18-11-9(6-10(31(26,27)28)32(29)8-4-2-1-3-5-8)30-16(13(11)24)23-7-20-12-14(23)21-17(19)22-15(12)25/h1-5,7,9-11,13,16,24H,6H2,(H2,26,27,28)(H3,19,21,22,25)/t9-,10?,11+,13-,16-,32?/m1/s1. The number of benzene rings is 1. The molecule has 1 aromatic carbocycles. The number of H-pyrrole nitrogens is 1. The predicted molar refractivity (Wildman–Crippen MR) is 111 cm³/mol. The van der Waals surface area contributed by atoms with E-state index in [1.54, 1.807) is 18.2 Å². The quantitative estimate of drug-likeness (QED) is 0.233. The van der Waals surface area contributed by atoms with Gasteiger partial charge in [-0.3, -0.25) is 18.9 Å². The first-order chi connectivity index (χ1) is 15.1. The smallest absolute Gasteiger partial charge is 0.377 e. The van der Waals surface area contributed by atoms with E-state index in [2.05, 4.69) is 15.0 Å². The van der Waals surface area contributed by atoms with E-state index in [0.717, 1.165) is 10.9 Å². The van der Waals surface area contributed by atoms with Gasteiger partial charge >= 0.3 is 7.60 Å². The molecule has 0 bridgehead atoms. The lowest BCUT2D eigenvalue weighted by molar-refractivity contribution is -0.0361. The summed E-state index contributed by atoms with van der Waals surface area (Å²) in [7, 11) is -4.95. The number of anilines is 1. The molecule has 0 spiro atoms. The second kappa shape index (κ2) is 8.56. The molecule has 2 aromatic heterocycles. The van der Waals surface area contributed by atoms with E-state index in [9.17, 15) is 33.2 Å². The summed E-state index contributed by atoms with van der Waals surface area (Å²) in [6.07, 6.45) is -6.28. The number of halogens is 1. The summed E-state index contributed by atoms with van der Waals surface area (Å²) in [6.45, 7) is 0. The zero-order valence-corrected chi connectivity index (χ0v) is 17.9. The molecule has 1 saturated heterocycles. The number of aromatic amines is 1. The Bertz CT molecular complexity index is 1220. The fourth-order valence-corrected chi connectivity index (χ4v) is 6.47. The highest BCUT2D eigenvalue weighted by Crippen LogP contribution is 2.50. The van der Waals surface area contributed by atoms with Crippen LogP contribution in [0.5, 0.6) is 0 Å². The maximum Gasteiger partial charge on any atom is 0.377 e. The van der Waals surface area contributed by atoms with Gasteiger partial charge < -0.3 is 29.9 Å². The van der Waals surface area contributed by atoms with E-state index < -0.39 is 60.4 Å². The van der Waals surface area contributed by atoms with Gasteiger partial charge in [-0.15, -0.1) is 0 Å². The third-order valence-electron chi connectivity index (χ3n) is 5.04. The van der Waals surface area contributed by atoms with Gasteiger partial charge in [-0.25, -0.2) is 9.37 Å². The lowest BCUT2D eigenvalue weighted by atomic mass is 10.1. The van der Waals surface area contributed by atoms with Crippen molar-refractivity contribution in [3.8, 4) is 0 Å². The van der Waals surface area contributed by atoms with Gasteiger partial charge in [-0.1, -0.05) is 18.2 Å². The zero-order chi connectivity index (χ0) is 23.2. The van der Waals surface area contributed by atoms with Crippen LogP contribution in [0.3, 0.4) is 0 Å². The average Bonchev–Trinajstić information content (AvgIpc) is 3.27. The minimum Gasteiger partial charge on any atom is -0.611 e. The van der Waals surface area contributed by atoms with Crippen molar-refractivity contribution in [2.24, 2.45) is 0 Å². The molecule has 1 fully saturated rings. The number of aliphatic hydroxyl groups excluding tert-OH is 1. The highest BCUT2D eigenvalue weighted by Gasteiger charge is 2.51. The highest BCUT2D eigenvalue weighted by molar-refractivity contribution is 7.98. The molecule has 6 N–H and O–H groups in total. The van der Waals surface area contributed by atoms with Crippen molar-refractivity contribution in [1.29, 1.82) is 0 Å². The van der Waals surface area contributed by atoms with E-state index in [1.165, 1.54) is 12.1 Å². The number of alkyl halides is 1. The van der Waals surface area contributed by atoms with E-state index in [-0.39, 0.29) is 22.0 Å². The molecule has 0 radical (unpaired) electrons. The largest absolute Gasteiger partial charge is 0.611 e. The molecular formula is C17H19FN5O7PS. The van der Waals surface area contributed by atoms with Crippen LogP contribution in [0, 0.1) is 0 Å². The van der Waals surface area contributed by atoms with Crippen LogP contribution < -0.4 is 11.3 Å². The van der Waals surface area contributed by atoms with Crippen molar-refractivity contribution in [2.75, 3.05) is 5.73 Å². The number of nitrogen functional groups attached to an aromatic ring is 1. The minimum absolute atomic E-state index is 0.0671. The Balaban J connectivity index is 1.63. The molecule has 3 aromatic rings. The molecule has 4 rings (SSSR count). The molecule has 2 unspecified atom stereocenters. The molecule has 0 aliphatic carbocycles. The Morgan fingerprint density at radius 3 is 2.72 bits per heavy atom. The number of rotatable bonds is 6. The minimum atomic E-state index is -4.95. The maximum absolute atomic E-state index is 14.9. The van der Waals surface area contributed by atoms with Gasteiger partial charge in [-0.2, -0.15) is 4.98 Å². The molecule has 3 heterocycles. The first-order valence-electron chi connectivity index (χ1n) is 9.28. The Morgan fingerprint density at radius 2 is 2.06 bits per heavy atom. The average molecular weight is 487 g/mol. The lowest BCUT2D eigenvalue weighted by Gasteiger charge is -2.25. The first-order valence-corrected chi connectivity index (χ1v) is 12.2. The molecule has 172 valence electrons. The topological polar surface area (TPSA) is 200 Å². The third kappa shape index (κ3) is 4.18. The van der Waals surface area contributed by atoms with E-state index in [4.69, 9.17) is 10.5 Å². The molecule has 12 nitrogen and oxygen atoms in total. The van der Waals surface area contributed by atoms with Crippen molar-refractivity contribution in [1.82, 2.24) is 19.5 Å². The molecular weight excluding hydrogens is 468 g/mol. The molecule has 32 heavy (non-hydrogen) atoms. The van der Waals surface area contributed by atoms with Crippen LogP contribution in [0.4, 0.5) is 10.3 Å². The van der Waals surface area contributed by atoms with Crippen molar-refractivity contribution in [3.63, 3.8) is 0 Å². The monoisotopic (exact) mass is 487 g/mol. The van der Waals surface area contributed by atoms with Crippen molar-refractivity contribution >= 4 is 35.9 Å². The molecule has 1 aliphatic rings. The lowest BCUT2D eigenvalue weighted by Crippen LogP contribution is -2.33. The van der Waals surface area contributed by atoms with Crippen LogP contribution in [0.1, 0.15) is 12.6 Å². The number of ether oxygens (including phenoxy) is 1. The Kier molecular flexibility index (Phi) is 6.11. The number of imidazole rings is 1. The normalized spacial score (nSPS) is 25.8. The number of nitrogens with two attached hydrogens (primary N) is 1. The van der Waals surface area contributed by atoms with Crippen molar-refractivity contribution in [3.05, 3.63) is 47.0 Å². The Labute approximate surface area is 182 Å². The summed E-state index contributed by atoms with van der Waals surface area (Å²) in [5, 5.41) is 10.4. The number of aliphatic hydroxyl groups is 1. The van der Waals surface area contributed by atoms with E-state index >= 15 is 0 Å². The van der Waals surface area contributed by atoms with Gasteiger partial charge in [0.05, 0.1) is 12.4 Å². The molecule has 1 aliphatic heterocycles. The molecule has 0 amide bonds. The van der Waals surface area contributed by atoms with Crippen LogP contribution >= 0.6 is 7.60 Å². The van der Waals surface area contributed by atoms with E-state index in [0.29, 0.717) is 0 Å². The fraction of sp³-hybridized carbons (Fsp3) is 0.353. The number of hydrogen-bond acceptors (Lipinski definition) is 8. The first kappa shape index (κ1) is 22.9. The van der Waals surface area contributed by atoms with E-state index in [1.807, 2.05) is 0 Å². The van der Waals surface area contributed by atoms with Gasteiger partial charge in [0.1, 0.15) is 6.10 Å².